The van der Waals surface area contributed by atoms with Crippen LogP contribution in [0.25, 0.3) is 0 Å². The number of nitrogens with zero attached hydrogens (tertiary/aromatic N) is 1. The Morgan fingerprint density at radius 2 is 1.60 bits per heavy atom. The highest BCUT2D eigenvalue weighted by molar-refractivity contribution is 5.95. The van der Waals surface area contributed by atoms with Crippen LogP contribution in [0.15, 0.2) is 24.3 Å². The molecule has 4 saturated carbocycles. The van der Waals surface area contributed by atoms with Gasteiger partial charge in [0.15, 0.2) is 0 Å². The average molecular weight is 409 g/mol. The van der Waals surface area contributed by atoms with Gasteiger partial charge in [-0.25, -0.2) is 0 Å². The van der Waals surface area contributed by atoms with Gasteiger partial charge in [-0.15, -0.1) is 0 Å². The van der Waals surface area contributed by atoms with Crippen LogP contribution in [0.3, 0.4) is 0 Å². The minimum absolute atomic E-state index is 0.0137. The summed E-state index contributed by atoms with van der Waals surface area (Å²) in [6.45, 7) is 8.40. The molecule has 4 heteroatoms. The highest BCUT2D eigenvalue weighted by Gasteiger charge is 2.63. The third kappa shape index (κ3) is 3.36. The van der Waals surface area contributed by atoms with Crippen molar-refractivity contribution in [2.75, 3.05) is 13.1 Å². The minimum atomic E-state index is -0.111. The second-order valence-electron chi connectivity index (χ2n) is 11.8. The summed E-state index contributed by atoms with van der Waals surface area (Å²) in [5.74, 6) is 1.18. The van der Waals surface area contributed by atoms with E-state index in [2.05, 4.69) is 24.1 Å². The Bertz CT molecular complexity index is 852. The van der Waals surface area contributed by atoms with Crippen molar-refractivity contribution in [1.29, 1.82) is 0 Å². The summed E-state index contributed by atoms with van der Waals surface area (Å²) in [4.78, 5) is 28.6. The molecule has 4 nitrogen and oxygen atoms in total. The molecule has 5 aliphatic rings. The van der Waals surface area contributed by atoms with Crippen molar-refractivity contribution in [3.8, 4) is 0 Å². The van der Waals surface area contributed by atoms with E-state index in [0.29, 0.717) is 16.7 Å². The van der Waals surface area contributed by atoms with Crippen LogP contribution in [0, 0.1) is 29.1 Å². The Hall–Kier alpha value is -1.84. The maximum Gasteiger partial charge on any atom is 0.251 e. The number of amides is 2. The lowest BCUT2D eigenvalue weighted by molar-refractivity contribution is -0.180. The normalized spacial score (nSPS) is 38.0. The molecule has 1 aliphatic heterocycles. The molecule has 4 bridgehead atoms. The van der Waals surface area contributed by atoms with Gasteiger partial charge in [0.05, 0.1) is 5.41 Å². The second kappa shape index (κ2) is 6.83. The van der Waals surface area contributed by atoms with Crippen LogP contribution >= 0.6 is 0 Å². The van der Waals surface area contributed by atoms with Gasteiger partial charge in [-0.2, -0.15) is 0 Å². The van der Waals surface area contributed by atoms with Crippen molar-refractivity contribution < 1.29 is 9.59 Å². The van der Waals surface area contributed by atoms with E-state index in [0.717, 1.165) is 62.2 Å². The topological polar surface area (TPSA) is 49.4 Å². The standard InChI is InChI=1S/C26H36N2O2/c1-18-6-4-5-7-21(18)22(29)27-20-8-10-28(11-9-20)23(30)26-14-19-12-24(2,16-26)15-25(3,13-19)17-26/h4-7,19-20H,8-17H2,1-3H3,(H,27,29). The molecule has 1 saturated heterocycles. The number of carbonyl (C=O) groups is 2. The molecular formula is C26H36N2O2. The van der Waals surface area contributed by atoms with Gasteiger partial charge in [-0.05, 0) is 86.7 Å². The van der Waals surface area contributed by atoms with Crippen LogP contribution in [0.4, 0.5) is 0 Å². The third-order valence-corrected chi connectivity index (χ3v) is 8.59. The molecule has 1 aromatic carbocycles. The first-order chi connectivity index (χ1) is 14.2. The molecule has 0 aromatic heterocycles. The number of hydrogen-bond donors (Lipinski definition) is 1. The highest BCUT2D eigenvalue weighted by Crippen LogP contribution is 2.69. The quantitative estimate of drug-likeness (QED) is 0.787. The van der Waals surface area contributed by atoms with Crippen molar-refractivity contribution in [2.24, 2.45) is 22.2 Å². The Labute approximate surface area is 180 Å². The van der Waals surface area contributed by atoms with E-state index in [4.69, 9.17) is 0 Å². The number of aryl methyl sites for hydroxylation is 1. The van der Waals surface area contributed by atoms with Gasteiger partial charge in [-0.3, -0.25) is 9.59 Å². The lowest BCUT2D eigenvalue weighted by Gasteiger charge is -2.65. The van der Waals surface area contributed by atoms with E-state index in [-0.39, 0.29) is 17.4 Å². The van der Waals surface area contributed by atoms with Crippen molar-refractivity contribution in [1.82, 2.24) is 10.2 Å². The number of piperidine rings is 1. The van der Waals surface area contributed by atoms with Gasteiger partial charge >= 0.3 is 0 Å². The Kier molecular flexibility index (Phi) is 4.57. The first-order valence-electron chi connectivity index (χ1n) is 11.9. The van der Waals surface area contributed by atoms with E-state index in [1.165, 1.54) is 19.3 Å². The van der Waals surface area contributed by atoms with Crippen molar-refractivity contribution in [3.05, 3.63) is 35.4 Å². The van der Waals surface area contributed by atoms with Gasteiger partial charge < -0.3 is 10.2 Å². The zero-order valence-electron chi connectivity index (χ0n) is 18.8. The van der Waals surface area contributed by atoms with Crippen LogP contribution in [-0.2, 0) is 4.79 Å². The smallest absolute Gasteiger partial charge is 0.251 e. The van der Waals surface area contributed by atoms with E-state index in [1.54, 1.807) is 0 Å². The number of carbonyl (C=O) groups excluding carboxylic acids is 2. The van der Waals surface area contributed by atoms with Crippen LogP contribution in [0.2, 0.25) is 0 Å². The summed E-state index contributed by atoms with van der Waals surface area (Å²) in [7, 11) is 0. The zero-order valence-corrected chi connectivity index (χ0v) is 18.8. The zero-order chi connectivity index (χ0) is 21.1. The maximum absolute atomic E-state index is 13.8. The monoisotopic (exact) mass is 408 g/mol. The van der Waals surface area contributed by atoms with Crippen molar-refractivity contribution in [3.63, 3.8) is 0 Å². The summed E-state index contributed by atoms with van der Waals surface area (Å²) in [6, 6.07) is 7.89. The fraction of sp³-hybridized carbons (Fsp3) is 0.692. The predicted octanol–water partition coefficient (Wildman–Crippen LogP) is 4.71. The molecular weight excluding hydrogens is 372 g/mol. The molecule has 5 fully saturated rings. The first-order valence-corrected chi connectivity index (χ1v) is 11.9. The first kappa shape index (κ1) is 20.1. The summed E-state index contributed by atoms with van der Waals surface area (Å²) in [5.41, 5.74) is 2.38. The SMILES string of the molecule is Cc1ccccc1C(=O)NC1CCN(C(=O)C23CC4CC(C)(CC(C)(C4)C2)C3)CC1. The summed E-state index contributed by atoms with van der Waals surface area (Å²) in [6.07, 6.45) is 8.97. The maximum atomic E-state index is 13.8. The van der Waals surface area contributed by atoms with Gasteiger partial charge in [0.25, 0.3) is 5.91 Å². The molecule has 2 amide bonds. The number of hydrogen-bond acceptors (Lipinski definition) is 2. The number of nitrogens with one attached hydrogen (secondary N) is 1. The van der Waals surface area contributed by atoms with Crippen LogP contribution in [0.1, 0.15) is 81.1 Å². The molecule has 2 atom stereocenters. The number of rotatable bonds is 3. The summed E-state index contributed by atoms with van der Waals surface area (Å²) in [5, 5.41) is 3.21. The lowest BCUT2D eigenvalue weighted by atomic mass is 9.40. The predicted molar refractivity (Wildman–Crippen MR) is 118 cm³/mol. The third-order valence-electron chi connectivity index (χ3n) is 8.59. The van der Waals surface area contributed by atoms with E-state index < -0.39 is 0 Å². The fourth-order valence-corrected chi connectivity index (χ4v) is 8.34. The van der Waals surface area contributed by atoms with E-state index in [1.807, 2.05) is 31.2 Å². The minimum Gasteiger partial charge on any atom is -0.349 e. The molecule has 4 aliphatic carbocycles. The van der Waals surface area contributed by atoms with Crippen LogP contribution in [0.5, 0.6) is 0 Å². The van der Waals surface area contributed by atoms with Gasteiger partial charge in [0.2, 0.25) is 5.91 Å². The van der Waals surface area contributed by atoms with E-state index >= 15 is 0 Å². The number of benzene rings is 1. The highest BCUT2D eigenvalue weighted by atomic mass is 16.2. The van der Waals surface area contributed by atoms with Crippen LogP contribution < -0.4 is 5.32 Å². The average Bonchev–Trinajstić information content (AvgIpc) is 2.65. The molecule has 30 heavy (non-hydrogen) atoms. The second-order valence-corrected chi connectivity index (χ2v) is 11.8. The molecule has 1 N–H and O–H groups in total. The fourth-order valence-electron chi connectivity index (χ4n) is 8.34. The largest absolute Gasteiger partial charge is 0.349 e. The molecule has 2 unspecified atom stereocenters. The van der Waals surface area contributed by atoms with Gasteiger partial charge in [0.1, 0.15) is 0 Å². The Balaban J connectivity index is 1.23. The molecule has 162 valence electrons. The van der Waals surface area contributed by atoms with E-state index in [9.17, 15) is 9.59 Å². The lowest BCUT2D eigenvalue weighted by Crippen LogP contribution is -2.61. The Morgan fingerprint density at radius 3 is 2.20 bits per heavy atom. The van der Waals surface area contributed by atoms with Crippen molar-refractivity contribution in [2.45, 2.75) is 78.2 Å². The summed E-state index contributed by atoms with van der Waals surface area (Å²) < 4.78 is 0. The molecule has 6 rings (SSSR count). The molecule has 0 spiro atoms. The molecule has 1 aromatic rings. The Morgan fingerprint density at radius 1 is 0.967 bits per heavy atom. The molecule has 1 heterocycles. The van der Waals surface area contributed by atoms with Gasteiger partial charge in [0, 0.05) is 24.7 Å². The van der Waals surface area contributed by atoms with Crippen LogP contribution in [-0.4, -0.2) is 35.8 Å². The molecule has 0 radical (unpaired) electrons. The van der Waals surface area contributed by atoms with Crippen molar-refractivity contribution >= 4 is 11.8 Å². The number of likely N-dealkylation sites (tertiary alicyclic amines) is 1. The summed E-state index contributed by atoms with van der Waals surface area (Å²) >= 11 is 0. The van der Waals surface area contributed by atoms with Gasteiger partial charge in [-0.1, -0.05) is 32.0 Å².